The maximum Gasteiger partial charge on any atom is -0.00773 e. The van der Waals surface area contributed by atoms with Crippen LogP contribution >= 0.6 is 0 Å². The summed E-state index contributed by atoms with van der Waals surface area (Å²) in [6, 6.07) is 0. The lowest BCUT2D eigenvalue weighted by atomic mass is 10.1. The second-order valence-corrected chi connectivity index (χ2v) is 11.5. The van der Waals surface area contributed by atoms with Crippen molar-refractivity contribution in [2.45, 2.75) is 194 Å². The first-order valence-electron chi connectivity index (χ1n) is 17.5. The summed E-state index contributed by atoms with van der Waals surface area (Å²) in [6.07, 6.45) is 47.8. The molecule has 0 aromatic rings. The molecule has 2 nitrogen and oxygen atoms in total. The Labute approximate surface area is 242 Å². The van der Waals surface area contributed by atoms with Crippen LogP contribution in [0.15, 0.2) is 24.3 Å². The van der Waals surface area contributed by atoms with E-state index in [9.17, 15) is 0 Å². The largest absolute Gasteiger partial charge is 0.330 e. The van der Waals surface area contributed by atoms with Crippen LogP contribution < -0.4 is 11.5 Å². The Hall–Kier alpha value is -0.600. The molecular weight excluding hydrogens is 460 g/mol. The number of hydrogen-bond acceptors (Lipinski definition) is 2. The van der Waals surface area contributed by atoms with E-state index in [2.05, 4.69) is 38.2 Å². The maximum absolute atomic E-state index is 5.47. The predicted molar refractivity (Wildman–Crippen MR) is 177 cm³/mol. The minimum absolute atomic E-state index is 0.862. The standard InChI is InChI=1S/2C18H37N/c2*1-2-3-4-5-6-7-8-9-10-11-12-13-14-15-16-17-18-19/h2*9-10H,2-8,11-19H2,1H3/b10-9-;. The van der Waals surface area contributed by atoms with Crippen molar-refractivity contribution < 1.29 is 0 Å². The molecule has 0 amide bonds. The first-order chi connectivity index (χ1) is 18.8. The Balaban J connectivity index is 0. The number of hydrogen-bond donors (Lipinski definition) is 2. The van der Waals surface area contributed by atoms with E-state index in [4.69, 9.17) is 11.5 Å². The molecule has 0 saturated carbocycles. The minimum Gasteiger partial charge on any atom is -0.330 e. The fourth-order valence-electron chi connectivity index (χ4n) is 4.78. The average Bonchev–Trinajstić information content (AvgIpc) is 2.93. The van der Waals surface area contributed by atoms with Crippen LogP contribution in [0.25, 0.3) is 0 Å². The third-order valence-electron chi connectivity index (χ3n) is 7.43. The van der Waals surface area contributed by atoms with Crippen LogP contribution in [0.4, 0.5) is 0 Å². The number of unbranched alkanes of at least 4 members (excludes halogenated alkanes) is 24. The molecule has 228 valence electrons. The van der Waals surface area contributed by atoms with Crippen LogP contribution in [0, 0.1) is 0 Å². The van der Waals surface area contributed by atoms with Crippen LogP contribution in [-0.4, -0.2) is 13.1 Å². The van der Waals surface area contributed by atoms with Crippen molar-refractivity contribution in [3.63, 3.8) is 0 Å². The number of allylic oxidation sites excluding steroid dienone is 4. The summed E-state index contributed by atoms with van der Waals surface area (Å²) < 4.78 is 0. The van der Waals surface area contributed by atoms with Crippen molar-refractivity contribution in [3.8, 4) is 0 Å². The van der Waals surface area contributed by atoms with Crippen molar-refractivity contribution in [1.82, 2.24) is 0 Å². The summed E-state index contributed by atoms with van der Waals surface area (Å²) in [7, 11) is 0. The summed E-state index contributed by atoms with van der Waals surface area (Å²) in [5, 5.41) is 0. The normalized spacial score (nSPS) is 11.5. The molecule has 0 bridgehead atoms. The molecule has 4 N–H and O–H groups in total. The molecule has 0 radical (unpaired) electrons. The van der Waals surface area contributed by atoms with Crippen molar-refractivity contribution in [2.24, 2.45) is 11.5 Å². The van der Waals surface area contributed by atoms with E-state index in [1.54, 1.807) is 0 Å². The van der Waals surface area contributed by atoms with Gasteiger partial charge < -0.3 is 11.5 Å². The smallest absolute Gasteiger partial charge is 0.00773 e. The lowest BCUT2D eigenvalue weighted by Gasteiger charge is -1.99. The van der Waals surface area contributed by atoms with Crippen LogP contribution in [0.3, 0.4) is 0 Å². The third kappa shape index (κ3) is 42.5. The van der Waals surface area contributed by atoms with Crippen LogP contribution in [0.1, 0.15) is 194 Å². The quantitative estimate of drug-likeness (QED) is 0.0711. The maximum atomic E-state index is 5.47. The van der Waals surface area contributed by atoms with Crippen LogP contribution in [0.2, 0.25) is 0 Å². The highest BCUT2D eigenvalue weighted by Gasteiger charge is 1.92. The highest BCUT2D eigenvalue weighted by atomic mass is 14.5. The summed E-state index contributed by atoms with van der Waals surface area (Å²) in [4.78, 5) is 0. The van der Waals surface area contributed by atoms with E-state index < -0.39 is 0 Å². The molecule has 0 aromatic carbocycles. The highest BCUT2D eigenvalue weighted by molar-refractivity contribution is 4.82. The molecule has 0 heterocycles. The van der Waals surface area contributed by atoms with Crippen molar-refractivity contribution in [3.05, 3.63) is 24.3 Å². The summed E-state index contributed by atoms with van der Waals surface area (Å²) in [6.45, 7) is 6.28. The van der Waals surface area contributed by atoms with E-state index >= 15 is 0 Å². The zero-order valence-electron chi connectivity index (χ0n) is 26.7. The fraction of sp³-hybridized carbons (Fsp3) is 0.889. The van der Waals surface area contributed by atoms with Gasteiger partial charge >= 0.3 is 0 Å². The van der Waals surface area contributed by atoms with Gasteiger partial charge in [0.05, 0.1) is 0 Å². The summed E-state index contributed by atoms with van der Waals surface area (Å²) in [5.41, 5.74) is 10.9. The van der Waals surface area contributed by atoms with Gasteiger partial charge in [-0.05, 0) is 77.3 Å². The molecule has 0 aliphatic heterocycles. The van der Waals surface area contributed by atoms with Gasteiger partial charge in [-0.1, -0.05) is 154 Å². The zero-order valence-corrected chi connectivity index (χ0v) is 26.7. The van der Waals surface area contributed by atoms with Gasteiger partial charge in [-0.2, -0.15) is 0 Å². The van der Waals surface area contributed by atoms with Crippen molar-refractivity contribution in [2.75, 3.05) is 13.1 Å². The first-order valence-corrected chi connectivity index (χ1v) is 17.5. The molecule has 0 aromatic heterocycles. The summed E-state index contributed by atoms with van der Waals surface area (Å²) >= 11 is 0. The molecular formula is C36H74N2. The topological polar surface area (TPSA) is 52.0 Å². The third-order valence-corrected chi connectivity index (χ3v) is 7.43. The second kappa shape index (κ2) is 40.9. The number of rotatable bonds is 30. The van der Waals surface area contributed by atoms with E-state index in [0.717, 1.165) is 13.1 Å². The van der Waals surface area contributed by atoms with Gasteiger partial charge in [-0.15, -0.1) is 0 Å². The van der Waals surface area contributed by atoms with Gasteiger partial charge in [0.1, 0.15) is 0 Å². The van der Waals surface area contributed by atoms with E-state index in [1.807, 2.05) is 0 Å². The lowest BCUT2D eigenvalue weighted by molar-refractivity contribution is 0.599. The Morgan fingerprint density at radius 2 is 0.500 bits per heavy atom. The predicted octanol–water partition coefficient (Wildman–Crippen LogP) is 12.0. The van der Waals surface area contributed by atoms with Crippen LogP contribution in [0.5, 0.6) is 0 Å². The molecule has 0 atom stereocenters. The summed E-state index contributed by atoms with van der Waals surface area (Å²) in [5.74, 6) is 0. The van der Waals surface area contributed by atoms with E-state index in [-0.39, 0.29) is 0 Å². The Morgan fingerprint density at radius 3 is 0.737 bits per heavy atom. The van der Waals surface area contributed by atoms with Gasteiger partial charge in [0, 0.05) is 0 Å². The van der Waals surface area contributed by atoms with Gasteiger partial charge in [0.2, 0.25) is 0 Å². The van der Waals surface area contributed by atoms with Gasteiger partial charge in [0.15, 0.2) is 0 Å². The monoisotopic (exact) mass is 535 g/mol. The van der Waals surface area contributed by atoms with Crippen molar-refractivity contribution in [1.29, 1.82) is 0 Å². The van der Waals surface area contributed by atoms with Crippen LogP contribution in [-0.2, 0) is 0 Å². The zero-order chi connectivity index (χ0) is 28.0. The first kappa shape index (κ1) is 39.5. The molecule has 0 saturated heterocycles. The van der Waals surface area contributed by atoms with Gasteiger partial charge in [-0.3, -0.25) is 0 Å². The minimum atomic E-state index is 0.862. The molecule has 0 aliphatic rings. The molecule has 2 heteroatoms. The molecule has 0 unspecified atom stereocenters. The van der Waals surface area contributed by atoms with Gasteiger partial charge in [-0.25, -0.2) is 0 Å². The average molecular weight is 535 g/mol. The lowest BCUT2D eigenvalue weighted by Crippen LogP contribution is -1.97. The Bertz CT molecular complexity index is 389. The van der Waals surface area contributed by atoms with E-state index in [1.165, 1.54) is 180 Å². The fourth-order valence-corrected chi connectivity index (χ4v) is 4.78. The molecule has 38 heavy (non-hydrogen) atoms. The Kier molecular flexibility index (Phi) is 42.5. The second-order valence-electron chi connectivity index (χ2n) is 11.5. The highest BCUT2D eigenvalue weighted by Crippen LogP contribution is 2.11. The Morgan fingerprint density at radius 1 is 0.289 bits per heavy atom. The van der Waals surface area contributed by atoms with E-state index in [0.29, 0.717) is 0 Å². The molecule has 0 aliphatic carbocycles. The number of nitrogens with two attached hydrogens (primary N) is 2. The SMILES string of the molecule is CCCCCCCC/C=C\CCCCCCCCN.CCCCCCCCC=CCCCCCCCCN. The molecule has 0 rings (SSSR count). The molecule has 0 fully saturated rings. The molecule has 0 spiro atoms. The van der Waals surface area contributed by atoms with Crippen molar-refractivity contribution >= 4 is 0 Å². The van der Waals surface area contributed by atoms with Gasteiger partial charge in [0.25, 0.3) is 0 Å².